The van der Waals surface area contributed by atoms with Crippen molar-refractivity contribution in [3.8, 4) is 23.0 Å². The van der Waals surface area contributed by atoms with Gasteiger partial charge in [-0.3, -0.25) is 4.79 Å². The quantitative estimate of drug-likeness (QED) is 0.555. The average Bonchev–Trinajstić information content (AvgIpc) is 2.82. The van der Waals surface area contributed by atoms with Crippen LogP contribution in [-0.2, 0) is 22.4 Å². The van der Waals surface area contributed by atoms with Gasteiger partial charge in [-0.15, -0.1) is 0 Å². The highest BCUT2D eigenvalue weighted by Crippen LogP contribution is 2.51. The minimum atomic E-state index is -0.132. The second kappa shape index (κ2) is 8.83. The summed E-state index contributed by atoms with van der Waals surface area (Å²) in [6.45, 7) is 2.25. The zero-order valence-electron chi connectivity index (χ0n) is 15.8. The van der Waals surface area contributed by atoms with E-state index < -0.39 is 0 Å². The van der Waals surface area contributed by atoms with Crippen LogP contribution in [0, 0.1) is 5.92 Å². The predicted molar refractivity (Wildman–Crippen MR) is 94.0 cm³/mol. The molecule has 0 spiro atoms. The Hall–Kier alpha value is -2.11. The fourth-order valence-corrected chi connectivity index (χ4v) is 3.59. The van der Waals surface area contributed by atoms with Crippen molar-refractivity contribution < 1.29 is 28.5 Å². The normalized spacial score (nSPS) is 14.3. The van der Waals surface area contributed by atoms with Gasteiger partial charge in [0.25, 0.3) is 0 Å². The Morgan fingerprint density at radius 3 is 1.64 bits per heavy atom. The maximum atomic E-state index is 11.8. The maximum absolute atomic E-state index is 11.8. The molecule has 0 N–H and O–H groups in total. The first kappa shape index (κ1) is 19.2. The van der Waals surface area contributed by atoms with Crippen molar-refractivity contribution in [1.29, 1.82) is 0 Å². The summed E-state index contributed by atoms with van der Waals surface area (Å²) in [7, 11) is 6.44. The highest BCUT2D eigenvalue weighted by atomic mass is 16.5. The Morgan fingerprint density at radius 2 is 1.28 bits per heavy atom. The molecule has 0 radical (unpaired) electrons. The monoisotopic (exact) mass is 352 g/mol. The number of carbonyl (C=O) groups is 1. The first-order valence-electron chi connectivity index (χ1n) is 8.64. The van der Waals surface area contributed by atoms with E-state index in [0.29, 0.717) is 36.0 Å². The second-order valence-corrected chi connectivity index (χ2v) is 6.04. The summed E-state index contributed by atoms with van der Waals surface area (Å²) in [6.07, 6.45) is 3.81. The number of benzene rings is 1. The van der Waals surface area contributed by atoms with Gasteiger partial charge < -0.3 is 23.7 Å². The molecule has 0 aliphatic heterocycles. The van der Waals surface area contributed by atoms with E-state index in [9.17, 15) is 4.79 Å². The molecule has 1 aliphatic rings. The average molecular weight is 352 g/mol. The SMILES string of the molecule is CCOC(=O)CC1CCc2c(c(OC)c(OC)c(OC)c2OC)CC1. The molecule has 0 unspecified atom stereocenters. The molecule has 0 saturated heterocycles. The summed E-state index contributed by atoms with van der Waals surface area (Å²) in [5.74, 6) is 2.61. The third-order valence-corrected chi connectivity index (χ3v) is 4.71. The highest BCUT2D eigenvalue weighted by molar-refractivity contribution is 5.70. The lowest BCUT2D eigenvalue weighted by Gasteiger charge is -2.21. The van der Waals surface area contributed by atoms with Gasteiger partial charge in [0.2, 0.25) is 11.5 Å². The standard InChI is InChI=1S/C19H28O6/c1-6-25-15(20)11-12-7-9-13-14(10-8-12)17(22-3)19(24-5)18(23-4)16(13)21-2/h12H,6-11H2,1-5H3. The van der Waals surface area contributed by atoms with E-state index in [1.807, 2.05) is 6.92 Å². The van der Waals surface area contributed by atoms with Gasteiger partial charge in [0.1, 0.15) is 0 Å². The molecule has 6 nitrogen and oxygen atoms in total. The van der Waals surface area contributed by atoms with E-state index in [1.54, 1.807) is 28.4 Å². The maximum Gasteiger partial charge on any atom is 0.306 e. The Bertz CT molecular complexity index is 568. The van der Waals surface area contributed by atoms with Crippen molar-refractivity contribution in [2.75, 3.05) is 35.0 Å². The van der Waals surface area contributed by atoms with Gasteiger partial charge in [0.15, 0.2) is 11.5 Å². The second-order valence-electron chi connectivity index (χ2n) is 6.04. The number of methoxy groups -OCH3 is 4. The van der Waals surface area contributed by atoms with Crippen molar-refractivity contribution in [1.82, 2.24) is 0 Å². The van der Waals surface area contributed by atoms with Crippen LogP contribution in [0.2, 0.25) is 0 Å². The van der Waals surface area contributed by atoms with E-state index in [-0.39, 0.29) is 11.9 Å². The predicted octanol–water partition coefficient (Wildman–Crippen LogP) is 3.17. The van der Waals surface area contributed by atoms with E-state index in [2.05, 4.69) is 0 Å². The molecule has 25 heavy (non-hydrogen) atoms. The van der Waals surface area contributed by atoms with Crippen LogP contribution < -0.4 is 18.9 Å². The zero-order chi connectivity index (χ0) is 18.4. The minimum Gasteiger partial charge on any atom is -0.492 e. The van der Waals surface area contributed by atoms with Gasteiger partial charge in [-0.2, -0.15) is 0 Å². The molecule has 1 aromatic rings. The van der Waals surface area contributed by atoms with E-state index in [4.69, 9.17) is 23.7 Å². The number of rotatable bonds is 7. The van der Waals surface area contributed by atoms with Crippen molar-refractivity contribution in [2.24, 2.45) is 5.92 Å². The van der Waals surface area contributed by atoms with Crippen LogP contribution in [-0.4, -0.2) is 41.0 Å². The van der Waals surface area contributed by atoms with Crippen molar-refractivity contribution in [3.05, 3.63) is 11.1 Å². The molecule has 0 heterocycles. The third kappa shape index (κ3) is 3.94. The van der Waals surface area contributed by atoms with Crippen molar-refractivity contribution >= 4 is 5.97 Å². The molecule has 140 valence electrons. The molecular weight excluding hydrogens is 324 g/mol. The van der Waals surface area contributed by atoms with Gasteiger partial charge in [0, 0.05) is 17.5 Å². The van der Waals surface area contributed by atoms with Crippen LogP contribution in [0.15, 0.2) is 0 Å². The first-order valence-corrected chi connectivity index (χ1v) is 8.64. The fraction of sp³-hybridized carbons (Fsp3) is 0.632. The lowest BCUT2D eigenvalue weighted by atomic mass is 9.96. The van der Waals surface area contributed by atoms with Crippen molar-refractivity contribution in [3.63, 3.8) is 0 Å². The fourth-order valence-electron chi connectivity index (χ4n) is 3.59. The summed E-state index contributed by atoms with van der Waals surface area (Å²) < 4.78 is 27.4. The van der Waals surface area contributed by atoms with Gasteiger partial charge >= 0.3 is 5.97 Å². The molecule has 0 bridgehead atoms. The molecule has 1 aliphatic carbocycles. The molecule has 0 fully saturated rings. The first-order chi connectivity index (χ1) is 12.1. The lowest BCUT2D eigenvalue weighted by Crippen LogP contribution is -2.12. The van der Waals surface area contributed by atoms with E-state index in [0.717, 1.165) is 36.8 Å². The van der Waals surface area contributed by atoms with E-state index in [1.165, 1.54) is 0 Å². The van der Waals surface area contributed by atoms with Crippen LogP contribution in [0.4, 0.5) is 0 Å². The van der Waals surface area contributed by atoms with Crippen molar-refractivity contribution in [2.45, 2.75) is 39.0 Å². The van der Waals surface area contributed by atoms with Gasteiger partial charge in [-0.25, -0.2) is 0 Å². The Kier molecular flexibility index (Phi) is 6.79. The van der Waals surface area contributed by atoms with Gasteiger partial charge in [-0.1, -0.05) is 0 Å². The highest BCUT2D eigenvalue weighted by Gasteiger charge is 2.30. The molecule has 0 atom stereocenters. The van der Waals surface area contributed by atoms with Crippen LogP contribution >= 0.6 is 0 Å². The third-order valence-electron chi connectivity index (χ3n) is 4.71. The topological polar surface area (TPSA) is 63.2 Å². The molecule has 0 amide bonds. The van der Waals surface area contributed by atoms with Crippen LogP contribution in [0.1, 0.15) is 37.3 Å². The molecule has 2 rings (SSSR count). The minimum absolute atomic E-state index is 0.132. The molecule has 1 aromatic carbocycles. The molecule has 0 saturated carbocycles. The molecular formula is C19H28O6. The Morgan fingerprint density at radius 1 is 0.840 bits per heavy atom. The Labute approximate surface area is 149 Å². The number of carbonyl (C=O) groups excluding carboxylic acids is 1. The summed E-state index contributed by atoms with van der Waals surface area (Å²) in [6, 6.07) is 0. The number of hydrogen-bond acceptors (Lipinski definition) is 6. The van der Waals surface area contributed by atoms with Gasteiger partial charge in [0.05, 0.1) is 35.0 Å². The largest absolute Gasteiger partial charge is 0.492 e. The lowest BCUT2D eigenvalue weighted by molar-refractivity contribution is -0.144. The summed E-state index contributed by atoms with van der Waals surface area (Å²) in [5.41, 5.74) is 2.15. The zero-order valence-corrected chi connectivity index (χ0v) is 15.8. The summed E-state index contributed by atoms with van der Waals surface area (Å²) in [5, 5.41) is 0. The van der Waals surface area contributed by atoms with Gasteiger partial charge in [-0.05, 0) is 38.5 Å². The van der Waals surface area contributed by atoms with E-state index >= 15 is 0 Å². The number of hydrogen-bond donors (Lipinski definition) is 0. The summed E-state index contributed by atoms with van der Waals surface area (Å²) in [4.78, 5) is 11.8. The van der Waals surface area contributed by atoms with Crippen LogP contribution in [0.25, 0.3) is 0 Å². The molecule has 0 aromatic heterocycles. The van der Waals surface area contributed by atoms with Crippen LogP contribution in [0.3, 0.4) is 0 Å². The smallest absolute Gasteiger partial charge is 0.306 e. The number of ether oxygens (including phenoxy) is 5. The number of fused-ring (bicyclic) bond motifs is 1. The molecule has 6 heteroatoms. The summed E-state index contributed by atoms with van der Waals surface area (Å²) >= 11 is 0. The Balaban J connectivity index is 2.39. The number of esters is 1. The van der Waals surface area contributed by atoms with Crippen LogP contribution in [0.5, 0.6) is 23.0 Å².